The number of hydrogen-bond acceptors (Lipinski definition) is 3. The van der Waals surface area contributed by atoms with E-state index in [1.165, 1.54) is 4.68 Å². The SMILES string of the molecule is CCn1c(C)c(SC#N)c(=O)n1-c1ccc(Cl)c(Cl)c1. The fourth-order valence-electron chi connectivity index (χ4n) is 2.04. The third kappa shape index (κ3) is 2.47. The molecule has 7 heteroatoms. The number of thioether (sulfide) groups is 1. The molecule has 0 N–H and O–H groups in total. The van der Waals surface area contributed by atoms with E-state index in [2.05, 4.69) is 0 Å². The normalized spacial score (nSPS) is 10.6. The maximum Gasteiger partial charge on any atom is 0.286 e. The van der Waals surface area contributed by atoms with E-state index in [1.807, 2.05) is 23.9 Å². The first-order chi connectivity index (χ1) is 9.51. The van der Waals surface area contributed by atoms with Gasteiger partial charge in [0.1, 0.15) is 10.3 Å². The van der Waals surface area contributed by atoms with Crippen molar-refractivity contribution in [3.05, 3.63) is 44.3 Å². The Morgan fingerprint density at radius 2 is 2.05 bits per heavy atom. The van der Waals surface area contributed by atoms with E-state index in [9.17, 15) is 4.79 Å². The van der Waals surface area contributed by atoms with Crippen LogP contribution in [0.1, 0.15) is 12.6 Å². The van der Waals surface area contributed by atoms with Gasteiger partial charge in [-0.1, -0.05) is 23.2 Å². The molecule has 20 heavy (non-hydrogen) atoms. The van der Waals surface area contributed by atoms with Gasteiger partial charge in [-0.05, 0) is 43.8 Å². The average Bonchev–Trinajstić information content (AvgIpc) is 2.66. The molecule has 2 rings (SSSR count). The van der Waals surface area contributed by atoms with Gasteiger partial charge in [0.25, 0.3) is 5.56 Å². The zero-order valence-electron chi connectivity index (χ0n) is 10.9. The minimum absolute atomic E-state index is 0.228. The third-order valence-electron chi connectivity index (χ3n) is 2.94. The quantitative estimate of drug-likeness (QED) is 0.635. The molecule has 0 saturated heterocycles. The van der Waals surface area contributed by atoms with Crippen LogP contribution < -0.4 is 5.56 Å². The van der Waals surface area contributed by atoms with Crippen LogP contribution in [0.15, 0.2) is 27.9 Å². The van der Waals surface area contributed by atoms with E-state index in [0.717, 1.165) is 17.5 Å². The predicted octanol–water partition coefficient (Wildman–Crippen LogP) is 3.85. The number of nitrogens with zero attached hydrogens (tertiary/aromatic N) is 3. The van der Waals surface area contributed by atoms with Crippen molar-refractivity contribution in [1.29, 1.82) is 5.26 Å². The molecule has 0 unspecified atom stereocenters. The van der Waals surface area contributed by atoms with Crippen molar-refractivity contribution in [2.45, 2.75) is 25.3 Å². The van der Waals surface area contributed by atoms with Crippen LogP contribution in [0.3, 0.4) is 0 Å². The number of rotatable bonds is 3. The predicted molar refractivity (Wildman–Crippen MR) is 81.9 cm³/mol. The molecule has 104 valence electrons. The van der Waals surface area contributed by atoms with Gasteiger partial charge in [-0.3, -0.25) is 9.48 Å². The number of aromatic nitrogens is 2. The number of benzene rings is 1. The lowest BCUT2D eigenvalue weighted by molar-refractivity contribution is 0.559. The highest BCUT2D eigenvalue weighted by atomic mass is 35.5. The van der Waals surface area contributed by atoms with Crippen molar-refractivity contribution in [2.24, 2.45) is 0 Å². The van der Waals surface area contributed by atoms with Gasteiger partial charge in [0.2, 0.25) is 0 Å². The Hall–Kier alpha value is -1.35. The van der Waals surface area contributed by atoms with E-state index >= 15 is 0 Å². The summed E-state index contributed by atoms with van der Waals surface area (Å²) in [6.07, 6.45) is 0. The van der Waals surface area contributed by atoms with Crippen LogP contribution in [0.25, 0.3) is 5.69 Å². The van der Waals surface area contributed by atoms with E-state index in [0.29, 0.717) is 27.2 Å². The number of nitriles is 1. The van der Waals surface area contributed by atoms with E-state index in [4.69, 9.17) is 28.5 Å². The Kier molecular flexibility index (Phi) is 4.48. The summed E-state index contributed by atoms with van der Waals surface area (Å²) in [4.78, 5) is 12.9. The van der Waals surface area contributed by atoms with Gasteiger partial charge in [0.05, 0.1) is 21.4 Å². The van der Waals surface area contributed by atoms with Gasteiger partial charge < -0.3 is 0 Å². The van der Waals surface area contributed by atoms with Crippen molar-refractivity contribution in [3.63, 3.8) is 0 Å². The van der Waals surface area contributed by atoms with Crippen molar-refractivity contribution in [3.8, 4) is 11.1 Å². The monoisotopic (exact) mass is 327 g/mol. The van der Waals surface area contributed by atoms with E-state index in [1.54, 1.807) is 18.2 Å². The number of halogens is 2. The Labute approximate surface area is 130 Å². The Balaban J connectivity index is 2.73. The van der Waals surface area contributed by atoms with E-state index < -0.39 is 0 Å². The summed E-state index contributed by atoms with van der Waals surface area (Å²) in [5.74, 6) is 0. The molecule has 0 aliphatic carbocycles. The topological polar surface area (TPSA) is 50.7 Å². The summed E-state index contributed by atoms with van der Waals surface area (Å²) in [6.45, 7) is 4.35. The first-order valence-corrected chi connectivity index (χ1v) is 7.42. The molecule has 0 bridgehead atoms. The third-order valence-corrected chi connectivity index (χ3v) is 4.44. The second kappa shape index (κ2) is 5.96. The largest absolute Gasteiger partial charge is 0.286 e. The Morgan fingerprint density at radius 1 is 1.35 bits per heavy atom. The maximum atomic E-state index is 12.5. The van der Waals surface area contributed by atoms with Gasteiger partial charge in [0, 0.05) is 6.54 Å². The van der Waals surface area contributed by atoms with Crippen LogP contribution in [-0.4, -0.2) is 9.36 Å². The molecule has 2 aromatic rings. The molecule has 0 amide bonds. The van der Waals surface area contributed by atoms with Crippen LogP contribution in [0.5, 0.6) is 0 Å². The minimum atomic E-state index is -0.228. The maximum absolute atomic E-state index is 12.5. The Morgan fingerprint density at radius 3 is 2.60 bits per heavy atom. The van der Waals surface area contributed by atoms with Crippen LogP contribution in [0, 0.1) is 17.6 Å². The second-order valence-corrected chi connectivity index (χ2v) is 5.65. The molecular weight excluding hydrogens is 317 g/mol. The first-order valence-electron chi connectivity index (χ1n) is 5.85. The lowest BCUT2D eigenvalue weighted by atomic mass is 10.3. The first kappa shape index (κ1) is 15.0. The van der Waals surface area contributed by atoms with Crippen molar-refractivity contribution in [1.82, 2.24) is 9.36 Å². The highest BCUT2D eigenvalue weighted by Crippen LogP contribution is 2.26. The smallest absolute Gasteiger partial charge is 0.281 e. The van der Waals surface area contributed by atoms with Gasteiger partial charge in [-0.2, -0.15) is 5.26 Å². The molecule has 0 fully saturated rings. The number of thiocyanates is 1. The average molecular weight is 328 g/mol. The fourth-order valence-corrected chi connectivity index (χ4v) is 2.85. The highest BCUT2D eigenvalue weighted by Gasteiger charge is 2.18. The molecule has 0 saturated carbocycles. The van der Waals surface area contributed by atoms with Crippen LogP contribution >= 0.6 is 35.0 Å². The van der Waals surface area contributed by atoms with Crippen molar-refractivity contribution in [2.75, 3.05) is 0 Å². The van der Waals surface area contributed by atoms with Crippen molar-refractivity contribution < 1.29 is 0 Å². The lowest BCUT2D eigenvalue weighted by Gasteiger charge is -2.11. The minimum Gasteiger partial charge on any atom is -0.281 e. The molecule has 1 aromatic carbocycles. The summed E-state index contributed by atoms with van der Waals surface area (Å²) in [7, 11) is 0. The molecule has 0 radical (unpaired) electrons. The Bertz CT molecular complexity index is 758. The summed E-state index contributed by atoms with van der Waals surface area (Å²) >= 11 is 12.8. The molecule has 0 aliphatic rings. The van der Waals surface area contributed by atoms with Crippen LogP contribution in [-0.2, 0) is 6.54 Å². The highest BCUT2D eigenvalue weighted by molar-refractivity contribution is 8.03. The zero-order valence-corrected chi connectivity index (χ0v) is 13.2. The molecular formula is C13H11Cl2N3OS. The summed E-state index contributed by atoms with van der Waals surface area (Å²) in [5.41, 5.74) is 1.16. The summed E-state index contributed by atoms with van der Waals surface area (Å²) in [5, 5.41) is 11.6. The van der Waals surface area contributed by atoms with Gasteiger partial charge in [-0.25, -0.2) is 4.68 Å². The second-order valence-electron chi connectivity index (χ2n) is 4.04. The standard InChI is InChI=1S/C13H11Cl2N3OS/c1-3-17-8(2)12(20-7-16)13(19)18(17)9-4-5-10(14)11(15)6-9/h4-6H,3H2,1-2H3. The van der Waals surface area contributed by atoms with E-state index in [-0.39, 0.29) is 5.56 Å². The van der Waals surface area contributed by atoms with Gasteiger partial charge in [0.15, 0.2) is 0 Å². The summed E-state index contributed by atoms with van der Waals surface area (Å²) in [6, 6.07) is 5.00. The van der Waals surface area contributed by atoms with Crippen molar-refractivity contribution >= 4 is 35.0 Å². The van der Waals surface area contributed by atoms with Gasteiger partial charge >= 0.3 is 0 Å². The summed E-state index contributed by atoms with van der Waals surface area (Å²) < 4.78 is 3.32. The fraction of sp³-hybridized carbons (Fsp3) is 0.231. The lowest BCUT2D eigenvalue weighted by Crippen LogP contribution is -2.21. The zero-order chi connectivity index (χ0) is 14.9. The molecule has 0 spiro atoms. The number of hydrogen-bond donors (Lipinski definition) is 0. The molecule has 1 heterocycles. The van der Waals surface area contributed by atoms with Gasteiger partial charge in [-0.15, -0.1) is 0 Å². The molecule has 4 nitrogen and oxygen atoms in total. The molecule has 0 aliphatic heterocycles. The van der Waals surface area contributed by atoms with Crippen LogP contribution in [0.4, 0.5) is 0 Å². The molecule has 1 aromatic heterocycles. The molecule has 0 atom stereocenters. The van der Waals surface area contributed by atoms with Crippen LogP contribution in [0.2, 0.25) is 10.0 Å².